The predicted molar refractivity (Wildman–Crippen MR) is 48.3 cm³/mol. The van der Waals surface area contributed by atoms with Crippen LogP contribution in [-0.2, 0) is 9.47 Å². The minimum atomic E-state index is 0.327. The van der Waals surface area contributed by atoms with Crippen LogP contribution in [0.4, 0.5) is 0 Å². The fraction of sp³-hybridized carbons (Fsp3) is 1.00. The third-order valence-corrected chi connectivity index (χ3v) is 2.15. The van der Waals surface area contributed by atoms with Gasteiger partial charge in [-0.25, -0.2) is 0 Å². The van der Waals surface area contributed by atoms with Crippen LogP contribution in [-0.4, -0.2) is 38.5 Å². The van der Waals surface area contributed by atoms with E-state index in [0.717, 1.165) is 19.6 Å². The second-order valence-electron chi connectivity index (χ2n) is 3.58. The van der Waals surface area contributed by atoms with Gasteiger partial charge in [-0.1, -0.05) is 0 Å². The van der Waals surface area contributed by atoms with Gasteiger partial charge in [0, 0.05) is 19.7 Å². The Morgan fingerprint density at radius 3 is 2.75 bits per heavy atom. The van der Waals surface area contributed by atoms with Gasteiger partial charge in [-0.2, -0.15) is 0 Å². The number of ether oxygens (including phenoxy) is 2. The van der Waals surface area contributed by atoms with E-state index in [1.54, 1.807) is 7.11 Å². The molecule has 1 heterocycles. The Kier molecular flexibility index (Phi) is 3.98. The number of hydrogen-bond donors (Lipinski definition) is 1. The third-order valence-electron chi connectivity index (χ3n) is 2.15. The van der Waals surface area contributed by atoms with Crippen LogP contribution in [0.1, 0.15) is 20.3 Å². The second kappa shape index (κ2) is 4.80. The first kappa shape index (κ1) is 9.96. The van der Waals surface area contributed by atoms with Crippen LogP contribution in [0.5, 0.6) is 0 Å². The fourth-order valence-electron chi connectivity index (χ4n) is 1.40. The van der Waals surface area contributed by atoms with Crippen molar-refractivity contribution in [3.63, 3.8) is 0 Å². The van der Waals surface area contributed by atoms with Gasteiger partial charge < -0.3 is 14.8 Å². The Morgan fingerprint density at radius 1 is 1.50 bits per heavy atom. The lowest BCUT2D eigenvalue weighted by molar-refractivity contribution is 0.0592. The summed E-state index contributed by atoms with van der Waals surface area (Å²) in [5.41, 5.74) is 0. The van der Waals surface area contributed by atoms with E-state index in [0.29, 0.717) is 18.2 Å². The van der Waals surface area contributed by atoms with Gasteiger partial charge in [0.25, 0.3) is 0 Å². The van der Waals surface area contributed by atoms with Crippen molar-refractivity contribution in [2.24, 2.45) is 0 Å². The molecule has 1 rings (SSSR count). The van der Waals surface area contributed by atoms with Crippen LogP contribution >= 0.6 is 0 Å². The van der Waals surface area contributed by atoms with Crippen LogP contribution in [0.2, 0.25) is 0 Å². The third kappa shape index (κ3) is 3.09. The molecule has 0 aromatic heterocycles. The zero-order valence-corrected chi connectivity index (χ0v) is 8.17. The Morgan fingerprint density at radius 2 is 2.25 bits per heavy atom. The van der Waals surface area contributed by atoms with Crippen molar-refractivity contribution in [1.82, 2.24) is 5.32 Å². The maximum absolute atomic E-state index is 5.50. The van der Waals surface area contributed by atoms with Gasteiger partial charge in [0.2, 0.25) is 0 Å². The molecule has 0 radical (unpaired) electrons. The molecule has 0 aromatic carbocycles. The Hall–Kier alpha value is -0.120. The smallest absolute Gasteiger partial charge is 0.0711 e. The van der Waals surface area contributed by atoms with Gasteiger partial charge in [0.05, 0.1) is 18.8 Å². The quantitative estimate of drug-likeness (QED) is 0.681. The molecule has 2 atom stereocenters. The van der Waals surface area contributed by atoms with Crippen LogP contribution in [0.3, 0.4) is 0 Å². The molecule has 3 nitrogen and oxygen atoms in total. The molecule has 1 saturated heterocycles. The highest BCUT2D eigenvalue weighted by atomic mass is 16.5. The molecule has 1 aliphatic rings. The van der Waals surface area contributed by atoms with Gasteiger partial charge in [-0.15, -0.1) is 0 Å². The standard InChI is InChI=1S/C9H19NO2/c1-7(2)12-6-8-4-9(11-3)5-10-8/h7-10H,4-6H2,1-3H3. The molecule has 2 unspecified atom stereocenters. The molecular weight excluding hydrogens is 154 g/mol. The number of methoxy groups -OCH3 is 1. The largest absolute Gasteiger partial charge is 0.380 e. The van der Waals surface area contributed by atoms with Crippen LogP contribution in [0.25, 0.3) is 0 Å². The number of hydrogen-bond acceptors (Lipinski definition) is 3. The molecule has 0 bridgehead atoms. The van der Waals surface area contributed by atoms with Crippen LogP contribution in [0.15, 0.2) is 0 Å². The van der Waals surface area contributed by atoms with Gasteiger partial charge in [0.15, 0.2) is 0 Å². The maximum atomic E-state index is 5.50. The summed E-state index contributed by atoms with van der Waals surface area (Å²) in [4.78, 5) is 0. The lowest BCUT2D eigenvalue weighted by Gasteiger charge is -2.13. The van der Waals surface area contributed by atoms with E-state index in [9.17, 15) is 0 Å². The average molecular weight is 173 g/mol. The molecule has 12 heavy (non-hydrogen) atoms. The van der Waals surface area contributed by atoms with Crippen molar-refractivity contribution in [2.75, 3.05) is 20.3 Å². The second-order valence-corrected chi connectivity index (χ2v) is 3.58. The van der Waals surface area contributed by atoms with E-state index in [4.69, 9.17) is 9.47 Å². The van der Waals surface area contributed by atoms with Gasteiger partial charge in [-0.05, 0) is 20.3 Å². The van der Waals surface area contributed by atoms with E-state index < -0.39 is 0 Å². The van der Waals surface area contributed by atoms with Crippen LogP contribution in [0, 0.1) is 0 Å². The molecule has 72 valence electrons. The molecule has 1 fully saturated rings. The van der Waals surface area contributed by atoms with Crippen molar-refractivity contribution in [1.29, 1.82) is 0 Å². The minimum Gasteiger partial charge on any atom is -0.380 e. The highest BCUT2D eigenvalue weighted by molar-refractivity contribution is 4.81. The summed E-state index contributed by atoms with van der Waals surface area (Å²) < 4.78 is 10.7. The number of nitrogens with one attached hydrogen (secondary N) is 1. The van der Waals surface area contributed by atoms with Crippen LogP contribution < -0.4 is 5.32 Å². The van der Waals surface area contributed by atoms with E-state index in [-0.39, 0.29) is 0 Å². The molecule has 0 aromatic rings. The monoisotopic (exact) mass is 173 g/mol. The fourth-order valence-corrected chi connectivity index (χ4v) is 1.40. The summed E-state index contributed by atoms with van der Waals surface area (Å²) in [5, 5.41) is 3.36. The zero-order valence-electron chi connectivity index (χ0n) is 8.17. The molecule has 3 heteroatoms. The van der Waals surface area contributed by atoms with Crippen molar-refractivity contribution in [3.8, 4) is 0 Å². The Balaban J connectivity index is 2.11. The van der Waals surface area contributed by atoms with Gasteiger partial charge in [-0.3, -0.25) is 0 Å². The summed E-state index contributed by atoms with van der Waals surface area (Å²) in [5.74, 6) is 0. The Bertz CT molecular complexity index is 128. The highest BCUT2D eigenvalue weighted by Gasteiger charge is 2.23. The van der Waals surface area contributed by atoms with Gasteiger partial charge in [0.1, 0.15) is 0 Å². The molecule has 0 aliphatic carbocycles. The number of rotatable bonds is 4. The molecule has 0 spiro atoms. The van der Waals surface area contributed by atoms with E-state index in [1.807, 2.05) is 0 Å². The van der Waals surface area contributed by atoms with E-state index in [2.05, 4.69) is 19.2 Å². The maximum Gasteiger partial charge on any atom is 0.0711 e. The minimum absolute atomic E-state index is 0.327. The lowest BCUT2D eigenvalue weighted by atomic mass is 10.2. The summed E-state index contributed by atoms with van der Waals surface area (Å²) in [6.45, 7) is 5.88. The van der Waals surface area contributed by atoms with Crippen molar-refractivity contribution >= 4 is 0 Å². The first-order valence-corrected chi connectivity index (χ1v) is 4.60. The van der Waals surface area contributed by atoms with Crippen molar-refractivity contribution in [3.05, 3.63) is 0 Å². The van der Waals surface area contributed by atoms with E-state index in [1.165, 1.54) is 0 Å². The first-order chi connectivity index (χ1) is 5.72. The zero-order chi connectivity index (χ0) is 8.97. The first-order valence-electron chi connectivity index (χ1n) is 4.60. The Labute approximate surface area is 74.4 Å². The summed E-state index contributed by atoms with van der Waals surface area (Å²) in [7, 11) is 1.76. The summed E-state index contributed by atoms with van der Waals surface area (Å²) >= 11 is 0. The molecule has 1 N–H and O–H groups in total. The van der Waals surface area contributed by atoms with Gasteiger partial charge >= 0.3 is 0 Å². The SMILES string of the molecule is COC1CNC(COC(C)C)C1. The normalized spacial score (nSPS) is 30.0. The summed E-state index contributed by atoms with van der Waals surface area (Å²) in [6.07, 6.45) is 1.78. The lowest BCUT2D eigenvalue weighted by Crippen LogP contribution is -2.28. The van der Waals surface area contributed by atoms with Crippen molar-refractivity contribution < 1.29 is 9.47 Å². The molecule has 1 aliphatic heterocycles. The van der Waals surface area contributed by atoms with E-state index >= 15 is 0 Å². The molecule has 0 saturated carbocycles. The molecular formula is C9H19NO2. The average Bonchev–Trinajstić information content (AvgIpc) is 2.48. The molecule has 0 amide bonds. The summed E-state index contributed by atoms with van der Waals surface area (Å²) in [6, 6.07) is 0.484. The predicted octanol–water partition coefficient (Wildman–Crippen LogP) is 0.788. The van der Waals surface area contributed by atoms with Crippen molar-refractivity contribution in [2.45, 2.75) is 38.5 Å². The highest BCUT2D eigenvalue weighted by Crippen LogP contribution is 2.10. The topological polar surface area (TPSA) is 30.5 Å².